The Bertz CT molecular complexity index is 657. The first kappa shape index (κ1) is 15.4. The van der Waals surface area contributed by atoms with Gasteiger partial charge in [0.15, 0.2) is 0 Å². The van der Waals surface area contributed by atoms with Crippen molar-refractivity contribution >= 4 is 16.0 Å². The Labute approximate surface area is 124 Å². The summed E-state index contributed by atoms with van der Waals surface area (Å²) in [6, 6.07) is 9.96. The van der Waals surface area contributed by atoms with Crippen LogP contribution < -0.4 is 10.0 Å². The monoisotopic (exact) mass is 306 g/mol. The molecular weight excluding hydrogens is 288 g/mol. The first-order valence-electron chi connectivity index (χ1n) is 6.65. The lowest BCUT2D eigenvalue weighted by molar-refractivity contribution is 0.578. The van der Waals surface area contributed by atoms with Gasteiger partial charge in [0, 0.05) is 13.6 Å². The normalized spacial score (nSPS) is 11.3. The smallest absolute Gasteiger partial charge is 0.243 e. The Hall–Kier alpha value is -1.99. The lowest BCUT2D eigenvalue weighted by Gasteiger charge is -2.07. The molecule has 0 aliphatic rings. The fourth-order valence-electron chi connectivity index (χ4n) is 1.81. The van der Waals surface area contributed by atoms with Crippen LogP contribution in [0.4, 0.5) is 5.95 Å². The molecular formula is C14H18N4O2S. The summed E-state index contributed by atoms with van der Waals surface area (Å²) in [5.41, 5.74) is 1.19. The minimum Gasteiger partial charge on any atom is -0.357 e. The number of hydrogen-bond acceptors (Lipinski definition) is 5. The van der Waals surface area contributed by atoms with E-state index in [1.807, 2.05) is 30.3 Å². The molecule has 112 valence electrons. The fraction of sp³-hybridized carbons (Fsp3) is 0.286. The second-order valence-corrected chi connectivity index (χ2v) is 6.25. The topological polar surface area (TPSA) is 84.0 Å². The van der Waals surface area contributed by atoms with Crippen LogP contribution in [0.2, 0.25) is 0 Å². The van der Waals surface area contributed by atoms with Crippen LogP contribution in [0.15, 0.2) is 47.6 Å². The van der Waals surface area contributed by atoms with Gasteiger partial charge in [0.25, 0.3) is 0 Å². The van der Waals surface area contributed by atoms with Crippen molar-refractivity contribution in [3.8, 4) is 0 Å². The minimum atomic E-state index is -3.54. The van der Waals surface area contributed by atoms with Crippen LogP contribution in [0.3, 0.4) is 0 Å². The summed E-state index contributed by atoms with van der Waals surface area (Å²) in [4.78, 5) is 7.87. The van der Waals surface area contributed by atoms with Crippen molar-refractivity contribution in [2.24, 2.45) is 0 Å². The summed E-state index contributed by atoms with van der Waals surface area (Å²) in [5.74, 6) is 0.387. The highest BCUT2D eigenvalue weighted by atomic mass is 32.2. The van der Waals surface area contributed by atoms with E-state index < -0.39 is 10.0 Å². The third-order valence-electron chi connectivity index (χ3n) is 2.94. The van der Waals surface area contributed by atoms with Gasteiger partial charge < -0.3 is 5.32 Å². The van der Waals surface area contributed by atoms with E-state index in [2.05, 4.69) is 20.0 Å². The fourth-order valence-corrected chi connectivity index (χ4v) is 2.77. The predicted molar refractivity (Wildman–Crippen MR) is 81.5 cm³/mol. The van der Waals surface area contributed by atoms with Crippen LogP contribution in [-0.2, 0) is 16.4 Å². The van der Waals surface area contributed by atoms with E-state index in [1.54, 1.807) is 7.05 Å². The zero-order valence-electron chi connectivity index (χ0n) is 11.8. The predicted octanol–water partition coefficient (Wildman–Crippen LogP) is 1.43. The summed E-state index contributed by atoms with van der Waals surface area (Å²) >= 11 is 0. The Morgan fingerprint density at radius 1 is 1.10 bits per heavy atom. The number of rotatable bonds is 7. The molecule has 0 atom stereocenters. The van der Waals surface area contributed by atoms with Crippen LogP contribution in [0.25, 0.3) is 0 Å². The van der Waals surface area contributed by atoms with Crippen molar-refractivity contribution in [3.05, 3.63) is 48.3 Å². The summed E-state index contributed by atoms with van der Waals surface area (Å²) in [6.45, 7) is 0.380. The lowest BCUT2D eigenvalue weighted by atomic mass is 10.1. The maximum atomic E-state index is 12.0. The van der Waals surface area contributed by atoms with Gasteiger partial charge in [-0.2, -0.15) is 0 Å². The van der Waals surface area contributed by atoms with Gasteiger partial charge in [0.2, 0.25) is 16.0 Å². The first-order valence-corrected chi connectivity index (χ1v) is 8.13. The van der Waals surface area contributed by atoms with Crippen molar-refractivity contribution < 1.29 is 8.42 Å². The van der Waals surface area contributed by atoms with Crippen LogP contribution in [-0.4, -0.2) is 32.0 Å². The van der Waals surface area contributed by atoms with Gasteiger partial charge in [-0.15, -0.1) is 0 Å². The van der Waals surface area contributed by atoms with E-state index in [-0.39, 0.29) is 4.90 Å². The molecule has 21 heavy (non-hydrogen) atoms. The number of hydrogen-bond donors (Lipinski definition) is 2. The van der Waals surface area contributed by atoms with Gasteiger partial charge in [-0.1, -0.05) is 30.3 Å². The Balaban J connectivity index is 1.86. The average molecular weight is 306 g/mol. The number of benzene rings is 1. The van der Waals surface area contributed by atoms with Crippen molar-refractivity contribution in [3.63, 3.8) is 0 Å². The molecule has 0 amide bonds. The highest BCUT2D eigenvalue weighted by molar-refractivity contribution is 7.89. The third kappa shape index (κ3) is 4.51. The number of aryl methyl sites for hydroxylation is 1. The molecule has 2 rings (SSSR count). The largest absolute Gasteiger partial charge is 0.357 e. The van der Waals surface area contributed by atoms with Gasteiger partial charge >= 0.3 is 0 Å². The number of nitrogens with zero attached hydrogens (tertiary/aromatic N) is 2. The minimum absolute atomic E-state index is 0.0706. The van der Waals surface area contributed by atoms with E-state index in [9.17, 15) is 8.42 Å². The lowest BCUT2D eigenvalue weighted by Crippen LogP contribution is -2.25. The summed E-state index contributed by atoms with van der Waals surface area (Å²) in [5, 5.41) is 2.74. The molecule has 1 aromatic carbocycles. The van der Waals surface area contributed by atoms with Crippen LogP contribution >= 0.6 is 0 Å². The maximum Gasteiger partial charge on any atom is 0.243 e. The molecule has 0 saturated heterocycles. The molecule has 0 fully saturated rings. The number of nitrogens with one attached hydrogen (secondary N) is 2. The zero-order valence-corrected chi connectivity index (χ0v) is 12.6. The van der Waals surface area contributed by atoms with E-state index in [4.69, 9.17) is 0 Å². The van der Waals surface area contributed by atoms with E-state index in [1.165, 1.54) is 18.0 Å². The van der Waals surface area contributed by atoms with E-state index in [0.29, 0.717) is 12.5 Å². The zero-order chi connectivity index (χ0) is 15.1. The van der Waals surface area contributed by atoms with Crippen molar-refractivity contribution in [1.82, 2.24) is 14.7 Å². The first-order chi connectivity index (χ1) is 10.1. The molecule has 2 aromatic rings. The summed E-state index contributed by atoms with van der Waals surface area (Å²) < 4.78 is 26.6. The number of anilines is 1. The Kier molecular flexibility index (Phi) is 5.24. The SMILES string of the molecule is CNc1ncc(S(=O)(=O)NCCCc2ccccc2)cn1. The Morgan fingerprint density at radius 2 is 1.76 bits per heavy atom. The number of sulfonamides is 1. The molecule has 1 heterocycles. The molecule has 7 heteroatoms. The highest BCUT2D eigenvalue weighted by Gasteiger charge is 2.14. The molecule has 0 aliphatic heterocycles. The van der Waals surface area contributed by atoms with Crippen LogP contribution in [0.5, 0.6) is 0 Å². The molecule has 0 aliphatic carbocycles. The second-order valence-electron chi connectivity index (χ2n) is 4.48. The van der Waals surface area contributed by atoms with E-state index >= 15 is 0 Å². The van der Waals surface area contributed by atoms with Gasteiger partial charge in [-0.3, -0.25) is 0 Å². The third-order valence-corrected chi connectivity index (χ3v) is 4.35. The summed E-state index contributed by atoms with van der Waals surface area (Å²) in [6.07, 6.45) is 4.15. The van der Waals surface area contributed by atoms with Gasteiger partial charge in [0.1, 0.15) is 4.90 Å². The van der Waals surface area contributed by atoms with Gasteiger partial charge in [0.05, 0.1) is 12.4 Å². The standard InChI is InChI=1S/C14H18N4O2S/c1-15-14-16-10-13(11-17-14)21(19,20)18-9-5-8-12-6-3-2-4-7-12/h2-4,6-7,10-11,18H,5,8-9H2,1H3,(H,15,16,17). The molecule has 0 spiro atoms. The van der Waals surface area contributed by atoms with Gasteiger partial charge in [-0.25, -0.2) is 23.1 Å². The second kappa shape index (κ2) is 7.14. The molecule has 0 saturated carbocycles. The van der Waals surface area contributed by atoms with Crippen molar-refractivity contribution in [1.29, 1.82) is 0 Å². The molecule has 6 nitrogen and oxygen atoms in total. The maximum absolute atomic E-state index is 12.0. The average Bonchev–Trinajstić information content (AvgIpc) is 2.53. The Morgan fingerprint density at radius 3 is 2.38 bits per heavy atom. The van der Waals surface area contributed by atoms with E-state index in [0.717, 1.165) is 12.8 Å². The molecule has 1 aromatic heterocycles. The summed E-state index contributed by atoms with van der Waals surface area (Å²) in [7, 11) is -1.87. The van der Waals surface area contributed by atoms with Crippen molar-refractivity contribution in [2.75, 3.05) is 18.9 Å². The molecule has 0 bridgehead atoms. The van der Waals surface area contributed by atoms with Crippen molar-refractivity contribution in [2.45, 2.75) is 17.7 Å². The quantitative estimate of drug-likeness (QED) is 0.756. The van der Waals surface area contributed by atoms with Gasteiger partial charge in [-0.05, 0) is 18.4 Å². The van der Waals surface area contributed by atoms with Crippen LogP contribution in [0, 0.1) is 0 Å². The highest BCUT2D eigenvalue weighted by Crippen LogP contribution is 2.07. The van der Waals surface area contributed by atoms with Crippen LogP contribution in [0.1, 0.15) is 12.0 Å². The molecule has 2 N–H and O–H groups in total. The number of aromatic nitrogens is 2. The molecule has 0 radical (unpaired) electrons. The molecule has 0 unspecified atom stereocenters.